The topological polar surface area (TPSA) is 124 Å². The van der Waals surface area contributed by atoms with Gasteiger partial charge in [-0.15, -0.1) is 22.7 Å². The predicted molar refractivity (Wildman–Crippen MR) is 103 cm³/mol. The van der Waals surface area contributed by atoms with Crippen molar-refractivity contribution < 1.29 is 4.79 Å². The van der Waals surface area contributed by atoms with Crippen LogP contribution < -0.4 is 22.1 Å². The van der Waals surface area contributed by atoms with E-state index in [1.54, 1.807) is 11.3 Å². The van der Waals surface area contributed by atoms with Crippen LogP contribution in [0.2, 0.25) is 0 Å². The minimum Gasteiger partial charge on any atom is -0.397 e. The van der Waals surface area contributed by atoms with Crippen molar-refractivity contribution in [3.05, 3.63) is 22.4 Å². The Morgan fingerprint density at radius 1 is 1.28 bits per heavy atom. The van der Waals surface area contributed by atoms with Crippen LogP contribution in [0.5, 0.6) is 0 Å². The number of hydrogen-bond donors (Lipinski definition) is 3. The van der Waals surface area contributed by atoms with Gasteiger partial charge in [-0.25, -0.2) is 9.97 Å². The van der Waals surface area contributed by atoms with Crippen LogP contribution in [0.25, 0.3) is 20.8 Å². The number of carbonyl (C=O) groups is 1. The molecule has 0 unspecified atom stereocenters. The first-order valence-electron chi connectivity index (χ1n) is 7.99. The zero-order chi connectivity index (χ0) is 17.6. The van der Waals surface area contributed by atoms with Crippen LogP contribution >= 0.6 is 22.7 Å². The summed E-state index contributed by atoms with van der Waals surface area (Å²) in [6.07, 6.45) is 1.82. The minimum absolute atomic E-state index is 0.232. The molecule has 9 heteroatoms. The normalized spacial score (nSPS) is 15.8. The molecule has 1 amide bonds. The van der Waals surface area contributed by atoms with Crippen molar-refractivity contribution in [3.8, 4) is 10.6 Å². The summed E-state index contributed by atoms with van der Waals surface area (Å²) in [5, 5.41) is 2.69. The Bertz CT molecular complexity index is 928. The summed E-state index contributed by atoms with van der Waals surface area (Å²) in [6.45, 7) is 1.64. The van der Waals surface area contributed by atoms with Gasteiger partial charge in [-0.3, -0.25) is 4.79 Å². The van der Waals surface area contributed by atoms with Crippen molar-refractivity contribution in [1.29, 1.82) is 0 Å². The van der Waals surface area contributed by atoms with Crippen molar-refractivity contribution in [3.63, 3.8) is 0 Å². The Kier molecular flexibility index (Phi) is 4.06. The molecule has 1 saturated heterocycles. The summed E-state index contributed by atoms with van der Waals surface area (Å²) < 4.78 is 0. The number of amides is 1. The molecule has 0 radical (unpaired) electrons. The largest absolute Gasteiger partial charge is 0.397 e. The lowest BCUT2D eigenvalue weighted by Crippen LogP contribution is -2.40. The average molecular weight is 374 g/mol. The van der Waals surface area contributed by atoms with Gasteiger partial charge in [0.25, 0.3) is 5.91 Å². The van der Waals surface area contributed by atoms with Gasteiger partial charge in [0, 0.05) is 19.1 Å². The third-order valence-electron chi connectivity index (χ3n) is 4.38. The number of anilines is 2. The van der Waals surface area contributed by atoms with Crippen LogP contribution in [0, 0.1) is 0 Å². The number of piperidine rings is 1. The highest BCUT2D eigenvalue weighted by Gasteiger charge is 2.24. The van der Waals surface area contributed by atoms with Gasteiger partial charge >= 0.3 is 0 Å². The van der Waals surface area contributed by atoms with Crippen LogP contribution in [0.15, 0.2) is 17.5 Å². The molecule has 3 aromatic rings. The fourth-order valence-electron chi connectivity index (χ4n) is 3.03. The smallest absolute Gasteiger partial charge is 0.260 e. The monoisotopic (exact) mass is 374 g/mol. The third-order valence-corrected chi connectivity index (χ3v) is 6.37. The van der Waals surface area contributed by atoms with Gasteiger partial charge < -0.3 is 22.1 Å². The molecule has 4 heterocycles. The maximum absolute atomic E-state index is 11.7. The molecule has 25 heavy (non-hydrogen) atoms. The van der Waals surface area contributed by atoms with Gasteiger partial charge in [-0.2, -0.15) is 0 Å². The Hall–Kier alpha value is -2.23. The number of nitrogen functional groups attached to an aromatic ring is 1. The number of thiophene rings is 2. The molecule has 130 valence electrons. The van der Waals surface area contributed by atoms with E-state index in [4.69, 9.17) is 22.2 Å². The van der Waals surface area contributed by atoms with Crippen LogP contribution in [-0.4, -0.2) is 35.0 Å². The van der Waals surface area contributed by atoms with Crippen molar-refractivity contribution in [2.24, 2.45) is 11.5 Å². The third kappa shape index (κ3) is 2.84. The van der Waals surface area contributed by atoms with E-state index in [-0.39, 0.29) is 6.04 Å². The maximum atomic E-state index is 11.7. The van der Waals surface area contributed by atoms with Crippen molar-refractivity contribution >= 4 is 50.4 Å². The summed E-state index contributed by atoms with van der Waals surface area (Å²) in [4.78, 5) is 25.3. The van der Waals surface area contributed by atoms with Crippen molar-refractivity contribution in [2.45, 2.75) is 18.9 Å². The first-order chi connectivity index (χ1) is 12.0. The molecule has 0 atom stereocenters. The maximum Gasteiger partial charge on any atom is 0.260 e. The molecule has 1 aliphatic rings. The molecule has 1 aliphatic heterocycles. The highest BCUT2D eigenvalue weighted by atomic mass is 32.1. The molecular formula is C16H18N6OS2. The summed E-state index contributed by atoms with van der Waals surface area (Å²) >= 11 is 2.80. The van der Waals surface area contributed by atoms with Gasteiger partial charge in [0.15, 0.2) is 0 Å². The van der Waals surface area contributed by atoms with E-state index in [9.17, 15) is 4.79 Å². The Balaban J connectivity index is 1.90. The number of fused-ring (bicyclic) bond motifs is 1. The average Bonchev–Trinajstić information content (AvgIpc) is 3.23. The molecule has 1 fully saturated rings. The molecule has 4 rings (SSSR count). The molecule has 0 saturated carbocycles. The lowest BCUT2D eigenvalue weighted by Gasteiger charge is -2.30. The van der Waals surface area contributed by atoms with E-state index in [2.05, 4.69) is 9.88 Å². The van der Waals surface area contributed by atoms with Gasteiger partial charge in [-0.1, -0.05) is 6.07 Å². The van der Waals surface area contributed by atoms with Crippen molar-refractivity contribution in [2.75, 3.05) is 23.7 Å². The number of rotatable bonds is 3. The predicted octanol–water partition coefficient (Wildman–Crippen LogP) is 2.03. The number of hydrogen-bond acceptors (Lipinski definition) is 8. The summed E-state index contributed by atoms with van der Waals surface area (Å²) in [5.41, 5.74) is 18.8. The second kappa shape index (κ2) is 6.25. The second-order valence-corrected chi connectivity index (χ2v) is 8.01. The first-order valence-corrected chi connectivity index (χ1v) is 9.68. The molecule has 7 nitrogen and oxygen atoms in total. The molecule has 0 aromatic carbocycles. The Morgan fingerprint density at radius 2 is 2.04 bits per heavy atom. The van der Waals surface area contributed by atoms with E-state index in [0.717, 1.165) is 36.5 Å². The van der Waals surface area contributed by atoms with Gasteiger partial charge in [0.1, 0.15) is 9.71 Å². The zero-order valence-electron chi connectivity index (χ0n) is 13.4. The molecule has 0 bridgehead atoms. The minimum atomic E-state index is -0.539. The Labute approximate surface area is 152 Å². The standard InChI is InChI=1S/C16H18N6OS2/c17-8-3-5-22(6-4-8)16-20-12(9-2-1-7-24-9)10-11(18)13(14(19)23)25-15(10)21-16/h1-2,7-8H,3-6,17-18H2,(H2,19,23). The quantitative estimate of drug-likeness (QED) is 0.644. The highest BCUT2D eigenvalue weighted by molar-refractivity contribution is 7.21. The SMILES string of the molecule is NC(=O)c1sc2nc(N3CCC(N)CC3)nc(-c3cccs3)c2c1N. The van der Waals surface area contributed by atoms with Crippen LogP contribution in [-0.2, 0) is 0 Å². The number of aromatic nitrogens is 2. The number of nitrogens with zero attached hydrogens (tertiary/aromatic N) is 3. The Morgan fingerprint density at radius 3 is 2.68 bits per heavy atom. The van der Waals surface area contributed by atoms with Gasteiger partial charge in [0.2, 0.25) is 5.95 Å². The zero-order valence-corrected chi connectivity index (χ0v) is 15.1. The highest BCUT2D eigenvalue weighted by Crippen LogP contribution is 2.40. The van der Waals surface area contributed by atoms with Crippen LogP contribution in [0.1, 0.15) is 22.5 Å². The van der Waals surface area contributed by atoms with E-state index < -0.39 is 5.91 Å². The lowest BCUT2D eigenvalue weighted by molar-refractivity contribution is 0.100. The number of primary amides is 1. The van der Waals surface area contributed by atoms with Gasteiger partial charge in [0.05, 0.1) is 21.6 Å². The summed E-state index contributed by atoms with van der Waals surface area (Å²) in [6, 6.07) is 4.18. The van der Waals surface area contributed by atoms with E-state index >= 15 is 0 Å². The van der Waals surface area contributed by atoms with Crippen LogP contribution in [0.3, 0.4) is 0 Å². The van der Waals surface area contributed by atoms with Crippen LogP contribution in [0.4, 0.5) is 11.6 Å². The molecule has 0 aliphatic carbocycles. The summed E-state index contributed by atoms with van der Waals surface area (Å²) in [7, 11) is 0. The number of carbonyl (C=O) groups excluding carboxylic acids is 1. The molecule has 0 spiro atoms. The summed E-state index contributed by atoms with van der Waals surface area (Å²) in [5.74, 6) is 0.114. The van der Waals surface area contributed by atoms with E-state index in [1.165, 1.54) is 11.3 Å². The van der Waals surface area contributed by atoms with E-state index in [0.29, 0.717) is 26.7 Å². The number of nitrogens with two attached hydrogens (primary N) is 3. The molecule has 3 aromatic heterocycles. The fourth-order valence-corrected chi connectivity index (χ4v) is 4.69. The van der Waals surface area contributed by atoms with Crippen molar-refractivity contribution in [1.82, 2.24) is 9.97 Å². The molecular weight excluding hydrogens is 356 g/mol. The lowest BCUT2D eigenvalue weighted by atomic mass is 10.1. The molecule has 6 N–H and O–H groups in total. The van der Waals surface area contributed by atoms with Gasteiger partial charge in [-0.05, 0) is 24.3 Å². The fraction of sp³-hybridized carbons (Fsp3) is 0.312. The van der Waals surface area contributed by atoms with E-state index in [1.807, 2.05) is 17.5 Å². The first kappa shape index (κ1) is 16.2. The second-order valence-electron chi connectivity index (χ2n) is 6.06.